The Morgan fingerprint density at radius 3 is 2.92 bits per heavy atom. The SMILES string of the molecule is CCN1CCN2CCCCC2C1. The molecule has 12 heavy (non-hydrogen) atoms. The van der Waals surface area contributed by atoms with E-state index in [-0.39, 0.29) is 0 Å². The van der Waals surface area contributed by atoms with Crippen molar-refractivity contribution in [1.29, 1.82) is 0 Å². The summed E-state index contributed by atoms with van der Waals surface area (Å²) < 4.78 is 0. The van der Waals surface area contributed by atoms with Crippen LogP contribution in [0.3, 0.4) is 0 Å². The van der Waals surface area contributed by atoms with E-state index < -0.39 is 0 Å². The minimum absolute atomic E-state index is 0.896. The minimum atomic E-state index is 0.896. The maximum absolute atomic E-state index is 2.69. The maximum Gasteiger partial charge on any atom is 0.0223 e. The van der Waals surface area contributed by atoms with Crippen molar-refractivity contribution in [3.63, 3.8) is 0 Å². The van der Waals surface area contributed by atoms with Gasteiger partial charge in [-0.15, -0.1) is 0 Å². The molecular weight excluding hydrogens is 148 g/mol. The number of hydrogen-bond donors (Lipinski definition) is 0. The molecule has 2 aliphatic rings. The molecule has 70 valence electrons. The van der Waals surface area contributed by atoms with Gasteiger partial charge < -0.3 is 4.90 Å². The standard InChI is InChI=1S/C10H20N2/c1-2-11-7-8-12-6-4-3-5-10(12)9-11/h10H,2-9H2,1H3. The van der Waals surface area contributed by atoms with Crippen LogP contribution in [0.15, 0.2) is 0 Å². The molecule has 2 rings (SSSR count). The summed E-state index contributed by atoms with van der Waals surface area (Å²) in [4.78, 5) is 5.28. The van der Waals surface area contributed by atoms with Crippen LogP contribution >= 0.6 is 0 Å². The molecule has 0 aromatic carbocycles. The van der Waals surface area contributed by atoms with Crippen molar-refractivity contribution in [3.8, 4) is 0 Å². The summed E-state index contributed by atoms with van der Waals surface area (Å²) in [6, 6.07) is 0.896. The summed E-state index contributed by atoms with van der Waals surface area (Å²) in [6.45, 7) is 8.83. The molecule has 0 N–H and O–H groups in total. The first-order valence-corrected chi connectivity index (χ1v) is 5.36. The summed E-state index contributed by atoms with van der Waals surface area (Å²) in [5, 5.41) is 0. The highest BCUT2D eigenvalue weighted by molar-refractivity contribution is 4.84. The quantitative estimate of drug-likeness (QED) is 0.580. The zero-order chi connectivity index (χ0) is 8.39. The number of piperidine rings is 1. The van der Waals surface area contributed by atoms with Gasteiger partial charge in [0.05, 0.1) is 0 Å². The monoisotopic (exact) mass is 168 g/mol. The predicted molar refractivity (Wildman–Crippen MR) is 51.3 cm³/mol. The van der Waals surface area contributed by atoms with Crippen LogP contribution in [0.1, 0.15) is 26.2 Å². The lowest BCUT2D eigenvalue weighted by atomic mass is 10.00. The van der Waals surface area contributed by atoms with Gasteiger partial charge in [-0.2, -0.15) is 0 Å². The van der Waals surface area contributed by atoms with Crippen LogP contribution in [0.5, 0.6) is 0 Å². The minimum Gasteiger partial charge on any atom is -0.301 e. The molecule has 1 unspecified atom stereocenters. The molecule has 2 heteroatoms. The average molecular weight is 168 g/mol. The fourth-order valence-electron chi connectivity index (χ4n) is 2.51. The van der Waals surface area contributed by atoms with Gasteiger partial charge in [-0.3, -0.25) is 4.90 Å². The number of fused-ring (bicyclic) bond motifs is 1. The highest BCUT2D eigenvalue weighted by Gasteiger charge is 2.27. The van der Waals surface area contributed by atoms with Crippen molar-refractivity contribution in [2.24, 2.45) is 0 Å². The second kappa shape index (κ2) is 3.75. The van der Waals surface area contributed by atoms with Gasteiger partial charge in [-0.25, -0.2) is 0 Å². The molecule has 2 nitrogen and oxygen atoms in total. The maximum atomic E-state index is 2.69. The van der Waals surface area contributed by atoms with Crippen LogP contribution in [0, 0.1) is 0 Å². The van der Waals surface area contributed by atoms with Gasteiger partial charge in [-0.1, -0.05) is 13.3 Å². The fourth-order valence-corrected chi connectivity index (χ4v) is 2.51. The number of hydrogen-bond acceptors (Lipinski definition) is 2. The van der Waals surface area contributed by atoms with Gasteiger partial charge >= 0.3 is 0 Å². The van der Waals surface area contributed by atoms with Crippen molar-refractivity contribution in [1.82, 2.24) is 9.80 Å². The molecule has 0 bridgehead atoms. The van der Waals surface area contributed by atoms with Crippen molar-refractivity contribution in [2.75, 3.05) is 32.7 Å². The molecule has 2 fully saturated rings. The normalized spacial score (nSPS) is 33.2. The van der Waals surface area contributed by atoms with E-state index in [1.165, 1.54) is 52.0 Å². The van der Waals surface area contributed by atoms with Gasteiger partial charge in [0.15, 0.2) is 0 Å². The highest BCUT2D eigenvalue weighted by atomic mass is 15.3. The molecule has 0 aliphatic carbocycles. The molecule has 0 spiro atoms. The zero-order valence-electron chi connectivity index (χ0n) is 8.13. The Morgan fingerprint density at radius 1 is 1.17 bits per heavy atom. The summed E-state index contributed by atoms with van der Waals surface area (Å²) in [5.41, 5.74) is 0. The largest absolute Gasteiger partial charge is 0.301 e. The van der Waals surface area contributed by atoms with Crippen LogP contribution in [0.25, 0.3) is 0 Å². The van der Waals surface area contributed by atoms with Crippen LogP contribution in [0.4, 0.5) is 0 Å². The van der Waals surface area contributed by atoms with Gasteiger partial charge in [0.25, 0.3) is 0 Å². The van der Waals surface area contributed by atoms with Gasteiger partial charge in [0, 0.05) is 25.7 Å². The molecule has 0 saturated carbocycles. The van der Waals surface area contributed by atoms with Crippen LogP contribution in [-0.2, 0) is 0 Å². The molecule has 0 amide bonds. The molecule has 2 aliphatic heterocycles. The third kappa shape index (κ3) is 1.64. The van der Waals surface area contributed by atoms with Crippen molar-refractivity contribution < 1.29 is 0 Å². The Morgan fingerprint density at radius 2 is 2.08 bits per heavy atom. The Labute approximate surface area is 75.5 Å². The number of rotatable bonds is 1. The van der Waals surface area contributed by atoms with Crippen LogP contribution in [-0.4, -0.2) is 48.6 Å². The Balaban J connectivity index is 1.90. The van der Waals surface area contributed by atoms with E-state index in [0.29, 0.717) is 0 Å². The lowest BCUT2D eigenvalue weighted by molar-refractivity contribution is 0.0522. The van der Waals surface area contributed by atoms with E-state index in [2.05, 4.69) is 16.7 Å². The zero-order valence-corrected chi connectivity index (χ0v) is 8.13. The second-order valence-corrected chi connectivity index (χ2v) is 4.08. The summed E-state index contributed by atoms with van der Waals surface area (Å²) >= 11 is 0. The first kappa shape index (κ1) is 8.52. The smallest absolute Gasteiger partial charge is 0.0223 e. The average Bonchev–Trinajstić information content (AvgIpc) is 2.17. The van der Waals surface area contributed by atoms with E-state index in [4.69, 9.17) is 0 Å². The van der Waals surface area contributed by atoms with E-state index >= 15 is 0 Å². The van der Waals surface area contributed by atoms with Crippen molar-refractivity contribution >= 4 is 0 Å². The highest BCUT2D eigenvalue weighted by Crippen LogP contribution is 2.20. The first-order valence-electron chi connectivity index (χ1n) is 5.36. The molecule has 0 aromatic heterocycles. The van der Waals surface area contributed by atoms with Crippen LogP contribution in [0.2, 0.25) is 0 Å². The third-order valence-electron chi connectivity index (χ3n) is 3.37. The lowest BCUT2D eigenvalue weighted by Crippen LogP contribution is -2.54. The molecular formula is C10H20N2. The van der Waals surface area contributed by atoms with E-state index in [1.54, 1.807) is 0 Å². The topological polar surface area (TPSA) is 6.48 Å². The summed E-state index contributed by atoms with van der Waals surface area (Å²) in [7, 11) is 0. The number of nitrogens with zero attached hydrogens (tertiary/aromatic N) is 2. The Hall–Kier alpha value is -0.0800. The first-order chi connectivity index (χ1) is 5.90. The number of piperazine rings is 1. The second-order valence-electron chi connectivity index (χ2n) is 4.08. The summed E-state index contributed by atoms with van der Waals surface area (Å²) in [6.07, 6.45) is 4.33. The van der Waals surface area contributed by atoms with Crippen molar-refractivity contribution in [2.45, 2.75) is 32.2 Å². The Kier molecular flexibility index (Phi) is 2.66. The molecule has 0 radical (unpaired) electrons. The number of likely N-dealkylation sites (N-methyl/N-ethyl adjacent to an activating group) is 1. The van der Waals surface area contributed by atoms with E-state index in [9.17, 15) is 0 Å². The van der Waals surface area contributed by atoms with Gasteiger partial charge in [-0.05, 0) is 25.9 Å². The van der Waals surface area contributed by atoms with Crippen LogP contribution < -0.4 is 0 Å². The Bertz CT molecular complexity index is 147. The van der Waals surface area contributed by atoms with E-state index in [0.717, 1.165) is 6.04 Å². The predicted octanol–water partition coefficient (Wildman–Crippen LogP) is 1.18. The summed E-state index contributed by atoms with van der Waals surface area (Å²) in [5.74, 6) is 0. The van der Waals surface area contributed by atoms with Crippen molar-refractivity contribution in [3.05, 3.63) is 0 Å². The van der Waals surface area contributed by atoms with E-state index in [1.807, 2.05) is 0 Å². The van der Waals surface area contributed by atoms with Gasteiger partial charge in [0.2, 0.25) is 0 Å². The fraction of sp³-hybridized carbons (Fsp3) is 1.00. The molecule has 2 saturated heterocycles. The van der Waals surface area contributed by atoms with Gasteiger partial charge in [0.1, 0.15) is 0 Å². The molecule has 2 heterocycles. The third-order valence-corrected chi connectivity index (χ3v) is 3.37. The molecule has 1 atom stereocenters. The molecule has 0 aromatic rings. The lowest BCUT2D eigenvalue weighted by Gasteiger charge is -2.43.